The van der Waals surface area contributed by atoms with Gasteiger partial charge >= 0.3 is 5.97 Å². The molecule has 3 nitrogen and oxygen atoms in total. The van der Waals surface area contributed by atoms with E-state index in [1.165, 1.54) is 6.08 Å². The predicted molar refractivity (Wildman–Crippen MR) is 85.1 cm³/mol. The first kappa shape index (κ1) is 15.8. The third-order valence-corrected chi connectivity index (χ3v) is 3.42. The summed E-state index contributed by atoms with van der Waals surface area (Å²) in [5, 5.41) is 0. The molecule has 0 saturated heterocycles. The number of rotatable bonds is 6. The molecule has 0 unspecified atom stereocenters. The van der Waals surface area contributed by atoms with Crippen LogP contribution in [-0.4, -0.2) is 17.9 Å². The largest absolute Gasteiger partial charge is 0.459 e. The molecule has 112 valence electrons. The van der Waals surface area contributed by atoms with Crippen molar-refractivity contribution < 1.29 is 14.3 Å². The Kier molecular flexibility index (Phi) is 5.73. The minimum Gasteiger partial charge on any atom is -0.459 e. The highest BCUT2D eigenvalue weighted by Gasteiger charge is 2.14. The average molecular weight is 294 g/mol. The summed E-state index contributed by atoms with van der Waals surface area (Å²) in [5.74, 6) is 2.32. The monoisotopic (exact) mass is 294 g/mol. The third kappa shape index (κ3) is 5.06. The number of terminal acetylenes is 1. The van der Waals surface area contributed by atoms with Gasteiger partial charge in [-0.25, -0.2) is 4.79 Å². The van der Waals surface area contributed by atoms with Gasteiger partial charge in [0.05, 0.1) is 0 Å². The Morgan fingerprint density at radius 3 is 2.82 bits per heavy atom. The third-order valence-electron chi connectivity index (χ3n) is 3.42. The van der Waals surface area contributed by atoms with E-state index in [9.17, 15) is 9.59 Å². The first-order chi connectivity index (χ1) is 10.7. The molecule has 0 aromatic heterocycles. The molecule has 0 amide bonds. The van der Waals surface area contributed by atoms with E-state index < -0.39 is 0 Å². The zero-order valence-electron chi connectivity index (χ0n) is 12.3. The number of hydrogen-bond donors (Lipinski definition) is 0. The number of carbonyl (C=O) groups is 2. The van der Waals surface area contributed by atoms with Gasteiger partial charge in [0.25, 0.3) is 0 Å². The normalized spacial score (nSPS) is 17.2. The Hall–Kier alpha value is -2.60. The molecule has 1 aromatic carbocycles. The molecule has 1 aliphatic rings. The first-order valence-corrected chi connectivity index (χ1v) is 7.29. The van der Waals surface area contributed by atoms with Gasteiger partial charge in [-0.05, 0) is 30.2 Å². The highest BCUT2D eigenvalue weighted by atomic mass is 16.5. The summed E-state index contributed by atoms with van der Waals surface area (Å²) in [6, 6.07) is 7.64. The Balaban J connectivity index is 1.73. The second-order valence-corrected chi connectivity index (χ2v) is 5.14. The van der Waals surface area contributed by atoms with Crippen LogP contribution < -0.4 is 0 Å². The van der Waals surface area contributed by atoms with Crippen molar-refractivity contribution in [2.45, 2.75) is 31.8 Å². The van der Waals surface area contributed by atoms with Crippen molar-refractivity contribution in [2.24, 2.45) is 0 Å². The molecular weight excluding hydrogens is 276 g/mol. The summed E-state index contributed by atoms with van der Waals surface area (Å²) in [6.45, 7) is 0. The second-order valence-electron chi connectivity index (χ2n) is 5.14. The highest BCUT2D eigenvalue weighted by molar-refractivity contribution is 5.89. The van der Waals surface area contributed by atoms with Crippen LogP contribution in [0.2, 0.25) is 0 Å². The highest BCUT2D eigenvalue weighted by Crippen LogP contribution is 2.12. The van der Waals surface area contributed by atoms with Crippen LogP contribution in [0.4, 0.5) is 0 Å². The predicted octanol–water partition coefficient (Wildman–Crippen LogP) is 2.99. The van der Waals surface area contributed by atoms with Crippen LogP contribution >= 0.6 is 0 Å². The van der Waals surface area contributed by atoms with Gasteiger partial charge in [0.1, 0.15) is 6.10 Å². The lowest BCUT2D eigenvalue weighted by Crippen LogP contribution is -2.19. The molecule has 0 saturated carbocycles. The maximum Gasteiger partial charge on any atom is 0.330 e. The quantitative estimate of drug-likeness (QED) is 0.460. The van der Waals surface area contributed by atoms with Crippen molar-refractivity contribution in [3.05, 3.63) is 59.7 Å². The Labute approximate surface area is 130 Å². The van der Waals surface area contributed by atoms with Crippen molar-refractivity contribution in [3.8, 4) is 12.3 Å². The van der Waals surface area contributed by atoms with E-state index in [0.717, 1.165) is 11.1 Å². The van der Waals surface area contributed by atoms with E-state index >= 15 is 0 Å². The summed E-state index contributed by atoms with van der Waals surface area (Å²) < 4.78 is 5.11. The number of cyclic esters (lactones) is 1. The zero-order chi connectivity index (χ0) is 15.8. The van der Waals surface area contributed by atoms with Gasteiger partial charge in [-0.1, -0.05) is 30.2 Å². The molecule has 1 aromatic rings. The standard InChI is InChI=1S/C19H18O3/c1-2-15-9-11-16(12-10-15)13-14-17(20)5-3-6-18-7-4-8-19(21)22-18/h1,3-5,8-12,18H,6-7,13-14H2/b5-3+/t18-/m1/s1. The minimum absolute atomic E-state index is 0.0682. The second kappa shape index (κ2) is 7.99. The number of benzene rings is 1. The van der Waals surface area contributed by atoms with Crippen molar-refractivity contribution in [3.63, 3.8) is 0 Å². The van der Waals surface area contributed by atoms with Gasteiger partial charge in [-0.3, -0.25) is 4.79 Å². The van der Waals surface area contributed by atoms with Crippen LogP contribution in [0.3, 0.4) is 0 Å². The molecule has 1 atom stereocenters. The van der Waals surface area contributed by atoms with E-state index in [-0.39, 0.29) is 17.9 Å². The fraction of sp³-hybridized carbons (Fsp3) is 0.263. The molecule has 2 rings (SSSR count). The topological polar surface area (TPSA) is 43.4 Å². The summed E-state index contributed by atoms with van der Waals surface area (Å²) >= 11 is 0. The molecule has 1 heterocycles. The number of ether oxygens (including phenoxy) is 1. The van der Waals surface area contributed by atoms with Crippen LogP contribution in [0.1, 0.15) is 30.4 Å². The number of ketones is 1. The van der Waals surface area contributed by atoms with Crippen molar-refractivity contribution in [2.75, 3.05) is 0 Å². The fourth-order valence-corrected chi connectivity index (χ4v) is 2.18. The van der Waals surface area contributed by atoms with Crippen molar-refractivity contribution in [1.82, 2.24) is 0 Å². The average Bonchev–Trinajstić information content (AvgIpc) is 2.53. The molecule has 3 heteroatoms. The maximum atomic E-state index is 11.8. The van der Waals surface area contributed by atoms with E-state index in [2.05, 4.69) is 5.92 Å². The molecule has 1 aliphatic heterocycles. The number of allylic oxidation sites excluding steroid dienone is 1. The van der Waals surface area contributed by atoms with E-state index in [1.807, 2.05) is 24.3 Å². The van der Waals surface area contributed by atoms with Crippen molar-refractivity contribution in [1.29, 1.82) is 0 Å². The minimum atomic E-state index is -0.314. The molecule has 0 bridgehead atoms. The number of aryl methyl sites for hydroxylation is 1. The van der Waals surface area contributed by atoms with Crippen LogP contribution in [0.25, 0.3) is 0 Å². The van der Waals surface area contributed by atoms with Crippen LogP contribution in [0.15, 0.2) is 48.6 Å². The van der Waals surface area contributed by atoms with Gasteiger partial charge in [0.15, 0.2) is 5.78 Å². The summed E-state index contributed by atoms with van der Waals surface area (Å²) in [5.41, 5.74) is 1.93. The van der Waals surface area contributed by atoms with Gasteiger partial charge in [-0.15, -0.1) is 6.42 Å². The molecule has 0 fully saturated rings. The van der Waals surface area contributed by atoms with Crippen LogP contribution in [-0.2, 0) is 20.7 Å². The smallest absolute Gasteiger partial charge is 0.330 e. The molecule has 0 N–H and O–H groups in total. The number of hydrogen-bond acceptors (Lipinski definition) is 3. The number of carbonyl (C=O) groups excluding carboxylic acids is 2. The van der Waals surface area contributed by atoms with Gasteiger partial charge in [0.2, 0.25) is 0 Å². The molecular formula is C19H18O3. The summed E-state index contributed by atoms with van der Waals surface area (Å²) in [6.07, 6.45) is 14.1. The zero-order valence-corrected chi connectivity index (χ0v) is 12.3. The van der Waals surface area contributed by atoms with Crippen LogP contribution in [0, 0.1) is 12.3 Å². The molecule has 0 aliphatic carbocycles. The first-order valence-electron chi connectivity index (χ1n) is 7.29. The molecule has 0 spiro atoms. The lowest BCUT2D eigenvalue weighted by Gasteiger charge is -2.16. The summed E-state index contributed by atoms with van der Waals surface area (Å²) in [4.78, 5) is 22.9. The maximum absolute atomic E-state index is 11.8. The Morgan fingerprint density at radius 1 is 1.36 bits per heavy atom. The van der Waals surface area contributed by atoms with E-state index in [1.54, 1.807) is 18.2 Å². The van der Waals surface area contributed by atoms with Gasteiger partial charge in [-0.2, -0.15) is 0 Å². The molecule has 0 radical (unpaired) electrons. The lowest BCUT2D eigenvalue weighted by molar-refractivity contribution is -0.143. The lowest BCUT2D eigenvalue weighted by atomic mass is 10.0. The summed E-state index contributed by atoms with van der Waals surface area (Å²) in [7, 11) is 0. The Bertz CT molecular complexity index is 630. The van der Waals surface area contributed by atoms with E-state index in [0.29, 0.717) is 25.7 Å². The number of esters is 1. The SMILES string of the molecule is C#Cc1ccc(CCC(=O)/C=C/C[C@@H]2CC=CC(=O)O2)cc1. The van der Waals surface area contributed by atoms with Crippen LogP contribution in [0.5, 0.6) is 0 Å². The Morgan fingerprint density at radius 2 is 2.14 bits per heavy atom. The van der Waals surface area contributed by atoms with Gasteiger partial charge in [0, 0.05) is 30.9 Å². The fourth-order valence-electron chi connectivity index (χ4n) is 2.18. The van der Waals surface area contributed by atoms with E-state index in [4.69, 9.17) is 11.2 Å². The van der Waals surface area contributed by atoms with Crippen molar-refractivity contribution >= 4 is 11.8 Å². The molecule has 22 heavy (non-hydrogen) atoms. The van der Waals surface area contributed by atoms with Gasteiger partial charge < -0.3 is 4.74 Å².